The Morgan fingerprint density at radius 1 is 1.35 bits per heavy atom. The van der Waals surface area contributed by atoms with Gasteiger partial charge in [0, 0.05) is 30.8 Å². The predicted molar refractivity (Wildman–Crippen MR) is 79.9 cm³/mol. The van der Waals surface area contributed by atoms with Crippen molar-refractivity contribution in [2.75, 3.05) is 18.5 Å². The number of nitrogens with zero attached hydrogens (tertiary/aromatic N) is 2. The molecular weight excluding hydrogens is 250 g/mol. The number of aromatic nitrogens is 2. The fraction of sp³-hybridized carbons (Fsp3) is 0.750. The van der Waals surface area contributed by atoms with Crippen LogP contribution in [-0.2, 0) is 10.3 Å². The molecule has 1 aliphatic heterocycles. The summed E-state index contributed by atoms with van der Waals surface area (Å²) in [5, 5.41) is 3.41. The fourth-order valence-corrected chi connectivity index (χ4v) is 2.74. The van der Waals surface area contributed by atoms with Crippen LogP contribution in [0, 0.1) is 0 Å². The first kappa shape index (κ1) is 13.8. The van der Waals surface area contributed by atoms with Gasteiger partial charge in [0.2, 0.25) is 0 Å². The Hall–Kier alpha value is -1.16. The average molecular weight is 275 g/mol. The van der Waals surface area contributed by atoms with Crippen molar-refractivity contribution in [1.82, 2.24) is 9.97 Å². The van der Waals surface area contributed by atoms with Crippen LogP contribution in [0.25, 0.3) is 0 Å². The Labute approximate surface area is 121 Å². The molecule has 0 radical (unpaired) electrons. The highest BCUT2D eigenvalue weighted by molar-refractivity contribution is 5.39. The quantitative estimate of drug-likeness (QED) is 0.892. The molecule has 1 N–H and O–H groups in total. The van der Waals surface area contributed by atoms with Gasteiger partial charge < -0.3 is 10.1 Å². The summed E-state index contributed by atoms with van der Waals surface area (Å²) in [5.41, 5.74) is 0.898. The lowest BCUT2D eigenvalue weighted by Crippen LogP contribution is -2.32. The highest BCUT2D eigenvalue weighted by Gasteiger charge is 2.35. The van der Waals surface area contributed by atoms with E-state index in [0.29, 0.717) is 5.92 Å². The van der Waals surface area contributed by atoms with E-state index in [2.05, 4.69) is 25.2 Å². The Bertz CT molecular complexity index is 465. The van der Waals surface area contributed by atoms with E-state index in [9.17, 15) is 0 Å². The molecular formula is C16H25N3O. The molecule has 4 nitrogen and oxygen atoms in total. The number of rotatable bonds is 5. The van der Waals surface area contributed by atoms with E-state index < -0.39 is 0 Å². The third-order valence-electron chi connectivity index (χ3n) is 4.24. The molecule has 3 rings (SSSR count). The van der Waals surface area contributed by atoms with Crippen molar-refractivity contribution in [2.24, 2.45) is 0 Å². The molecule has 1 saturated heterocycles. The molecule has 0 bridgehead atoms. The number of anilines is 1. The number of ether oxygens (including phenoxy) is 1. The Morgan fingerprint density at radius 2 is 2.20 bits per heavy atom. The molecule has 0 amide bonds. The van der Waals surface area contributed by atoms with Crippen LogP contribution < -0.4 is 5.32 Å². The summed E-state index contributed by atoms with van der Waals surface area (Å²) in [7, 11) is 0. The Kier molecular flexibility index (Phi) is 3.92. The van der Waals surface area contributed by atoms with Gasteiger partial charge in [-0.3, -0.25) is 0 Å². The molecule has 1 unspecified atom stereocenters. The van der Waals surface area contributed by atoms with Gasteiger partial charge in [0.05, 0.1) is 0 Å². The first-order valence-electron chi connectivity index (χ1n) is 7.98. The summed E-state index contributed by atoms with van der Waals surface area (Å²) in [5.74, 6) is 2.49. The number of hydrogen-bond donors (Lipinski definition) is 1. The van der Waals surface area contributed by atoms with Crippen LogP contribution in [0.15, 0.2) is 6.07 Å². The molecule has 2 fully saturated rings. The number of nitrogens with one attached hydrogen (secondary N) is 1. The first-order valence-corrected chi connectivity index (χ1v) is 7.98. The van der Waals surface area contributed by atoms with Crippen LogP contribution in [0.4, 0.5) is 5.82 Å². The minimum Gasteiger partial charge on any atom is -0.370 e. The molecule has 0 aromatic carbocycles. The molecule has 1 atom stereocenters. The van der Waals surface area contributed by atoms with Crippen molar-refractivity contribution in [2.45, 2.75) is 63.9 Å². The largest absolute Gasteiger partial charge is 0.370 e. The van der Waals surface area contributed by atoms with Crippen molar-refractivity contribution < 1.29 is 4.74 Å². The molecule has 20 heavy (non-hydrogen) atoms. The van der Waals surface area contributed by atoms with Gasteiger partial charge >= 0.3 is 0 Å². The van der Waals surface area contributed by atoms with Crippen molar-refractivity contribution in [3.05, 3.63) is 17.6 Å². The van der Waals surface area contributed by atoms with E-state index in [1.165, 1.54) is 25.0 Å². The Morgan fingerprint density at radius 3 is 2.85 bits per heavy atom. The summed E-state index contributed by atoms with van der Waals surface area (Å²) in [4.78, 5) is 9.55. The van der Waals surface area contributed by atoms with Gasteiger partial charge in [-0.2, -0.15) is 0 Å². The lowest BCUT2D eigenvalue weighted by atomic mass is 9.95. The van der Waals surface area contributed by atoms with Crippen LogP contribution >= 0.6 is 0 Å². The molecule has 4 heteroatoms. The van der Waals surface area contributed by atoms with Crippen molar-refractivity contribution in [3.8, 4) is 0 Å². The molecule has 2 aliphatic rings. The smallest absolute Gasteiger partial charge is 0.162 e. The van der Waals surface area contributed by atoms with Crippen LogP contribution in [0.3, 0.4) is 0 Å². The molecule has 110 valence electrons. The topological polar surface area (TPSA) is 47.0 Å². The number of hydrogen-bond acceptors (Lipinski definition) is 4. The van der Waals surface area contributed by atoms with Crippen molar-refractivity contribution in [1.29, 1.82) is 0 Å². The SMILES string of the molecule is CCCNc1cc(C2CC2)nc(C2(C)CCCCO2)n1. The van der Waals surface area contributed by atoms with Crippen LogP contribution in [0.5, 0.6) is 0 Å². The predicted octanol–water partition coefficient (Wildman–Crippen LogP) is 3.59. The van der Waals surface area contributed by atoms with Crippen molar-refractivity contribution >= 4 is 5.82 Å². The van der Waals surface area contributed by atoms with Crippen molar-refractivity contribution in [3.63, 3.8) is 0 Å². The monoisotopic (exact) mass is 275 g/mol. The third-order valence-corrected chi connectivity index (χ3v) is 4.24. The average Bonchev–Trinajstić information content (AvgIpc) is 3.30. The second-order valence-electron chi connectivity index (χ2n) is 6.24. The van der Waals surface area contributed by atoms with E-state index in [1.54, 1.807) is 0 Å². The maximum Gasteiger partial charge on any atom is 0.162 e. The highest BCUT2D eigenvalue weighted by atomic mass is 16.5. The van der Waals surface area contributed by atoms with Gasteiger partial charge in [-0.05, 0) is 45.4 Å². The zero-order chi connectivity index (χ0) is 14.0. The van der Waals surface area contributed by atoms with Gasteiger partial charge in [0.1, 0.15) is 11.4 Å². The van der Waals surface area contributed by atoms with E-state index >= 15 is 0 Å². The maximum absolute atomic E-state index is 6.01. The summed E-state index contributed by atoms with van der Waals surface area (Å²) >= 11 is 0. The minimum absolute atomic E-state index is 0.300. The zero-order valence-electron chi connectivity index (χ0n) is 12.6. The van der Waals surface area contributed by atoms with E-state index in [4.69, 9.17) is 14.7 Å². The second-order valence-corrected chi connectivity index (χ2v) is 6.24. The van der Waals surface area contributed by atoms with E-state index in [0.717, 1.165) is 44.1 Å². The Balaban J connectivity index is 1.89. The fourth-order valence-electron chi connectivity index (χ4n) is 2.74. The second kappa shape index (κ2) is 5.68. The molecule has 1 aromatic rings. The highest BCUT2D eigenvalue weighted by Crippen LogP contribution is 2.41. The van der Waals surface area contributed by atoms with Crippen LogP contribution in [0.1, 0.15) is 69.8 Å². The van der Waals surface area contributed by atoms with Gasteiger partial charge in [0.25, 0.3) is 0 Å². The van der Waals surface area contributed by atoms with Gasteiger partial charge in [0.15, 0.2) is 5.82 Å². The van der Waals surface area contributed by atoms with E-state index in [-0.39, 0.29) is 5.60 Å². The summed E-state index contributed by atoms with van der Waals surface area (Å²) in [6.45, 7) is 6.09. The van der Waals surface area contributed by atoms with Crippen LogP contribution in [-0.4, -0.2) is 23.1 Å². The molecule has 1 aliphatic carbocycles. The lowest BCUT2D eigenvalue weighted by Gasteiger charge is -2.32. The maximum atomic E-state index is 6.01. The van der Waals surface area contributed by atoms with Gasteiger partial charge in [-0.15, -0.1) is 0 Å². The minimum atomic E-state index is -0.300. The molecule has 1 saturated carbocycles. The summed E-state index contributed by atoms with van der Waals surface area (Å²) in [6, 6.07) is 2.13. The molecule has 1 aromatic heterocycles. The summed E-state index contributed by atoms with van der Waals surface area (Å²) in [6.07, 6.45) is 7.01. The summed E-state index contributed by atoms with van der Waals surface area (Å²) < 4.78 is 6.01. The first-order chi connectivity index (χ1) is 9.71. The van der Waals surface area contributed by atoms with E-state index in [1.807, 2.05) is 0 Å². The standard InChI is InChI=1S/C16H25N3O/c1-3-9-17-14-11-13(12-6-7-12)18-15(19-14)16(2)8-4-5-10-20-16/h11-12H,3-10H2,1-2H3,(H,17,18,19). The van der Waals surface area contributed by atoms with Gasteiger partial charge in [-0.1, -0.05) is 6.92 Å². The molecule has 2 heterocycles. The zero-order valence-corrected chi connectivity index (χ0v) is 12.6. The van der Waals surface area contributed by atoms with Gasteiger partial charge in [-0.25, -0.2) is 9.97 Å². The third kappa shape index (κ3) is 2.95. The lowest BCUT2D eigenvalue weighted by molar-refractivity contribution is -0.0760. The van der Waals surface area contributed by atoms with Crippen LogP contribution in [0.2, 0.25) is 0 Å². The normalized spacial score (nSPS) is 26.5. The molecule has 0 spiro atoms.